The second-order valence-electron chi connectivity index (χ2n) is 8.17. The number of benzene rings is 1. The number of aliphatic hydroxyl groups excluding tert-OH is 1. The molecule has 1 amide bonds. The lowest BCUT2D eigenvalue weighted by atomic mass is 9.92. The predicted molar refractivity (Wildman–Crippen MR) is 121 cm³/mol. The second-order valence-corrected chi connectivity index (χ2v) is 9.28. The number of hydrogen-bond donors (Lipinski definition) is 4. The number of fused-ring (bicyclic) bond motifs is 1. The minimum atomic E-state index is -0.944. The lowest BCUT2D eigenvalue weighted by Gasteiger charge is -2.45. The zero-order chi connectivity index (χ0) is 24.6. The number of nitrogens with one attached hydrogen (secondary N) is 2. The zero-order valence-electron chi connectivity index (χ0n) is 17.9. The molecule has 1 aromatic heterocycles. The fourth-order valence-electron chi connectivity index (χ4n) is 4.33. The van der Waals surface area contributed by atoms with Gasteiger partial charge >= 0.3 is 0 Å². The summed E-state index contributed by atoms with van der Waals surface area (Å²) >= 11 is 0.596. The number of aromatic nitrogens is 1. The number of aromatic hydroxyl groups is 1. The second kappa shape index (κ2) is 9.28. The van der Waals surface area contributed by atoms with Gasteiger partial charge in [-0.3, -0.25) is 20.4 Å². The molecule has 1 fully saturated rings. The van der Waals surface area contributed by atoms with Crippen molar-refractivity contribution in [3.63, 3.8) is 0 Å². The normalized spacial score (nSPS) is 19.5. The van der Waals surface area contributed by atoms with E-state index in [0.717, 1.165) is 6.07 Å². The molecule has 1 aromatic carbocycles. The van der Waals surface area contributed by atoms with E-state index in [1.807, 2.05) is 0 Å². The van der Waals surface area contributed by atoms with Crippen molar-refractivity contribution in [2.24, 2.45) is 0 Å². The Kier molecular flexibility index (Phi) is 6.56. The van der Waals surface area contributed by atoms with Gasteiger partial charge in [0.05, 0.1) is 29.4 Å². The molecular formula is C22H22F2N4O5S. The molecule has 1 unspecified atom stereocenters. The minimum absolute atomic E-state index is 0.0142. The molecule has 12 heteroatoms. The molecule has 4 rings (SSSR count). The van der Waals surface area contributed by atoms with E-state index in [2.05, 4.69) is 0 Å². The molecule has 3 heterocycles. The van der Waals surface area contributed by atoms with E-state index < -0.39 is 34.3 Å². The predicted octanol–water partition coefficient (Wildman–Crippen LogP) is 1.72. The summed E-state index contributed by atoms with van der Waals surface area (Å²) in [5, 5.41) is 35.9. The lowest BCUT2D eigenvalue weighted by molar-refractivity contribution is 0.0175. The fourth-order valence-corrected chi connectivity index (χ4v) is 5.06. The van der Waals surface area contributed by atoms with Crippen LogP contribution in [0.1, 0.15) is 28.0 Å². The standard InChI is InChI=1S/C22H22F2N4O5S/c23-13-2-1-12(15(24)8-13)7-16(25)34-20(26)14-9-27-10-22(3-6-33-11-22)28(4-5-29)21(32)17(27)19(31)18(14)30/h1-2,8-9,25-26,29,31H,3-7,10-11H2. The number of ether oxygens (including phenoxy) is 1. The van der Waals surface area contributed by atoms with Crippen LogP contribution in [0, 0.1) is 22.5 Å². The van der Waals surface area contributed by atoms with Crippen LogP contribution in [0.4, 0.5) is 8.78 Å². The van der Waals surface area contributed by atoms with Gasteiger partial charge in [0.1, 0.15) is 16.7 Å². The van der Waals surface area contributed by atoms with Crippen molar-refractivity contribution in [1.29, 1.82) is 10.8 Å². The Balaban J connectivity index is 1.62. The summed E-state index contributed by atoms with van der Waals surface area (Å²) in [5.41, 5.74) is -2.09. The van der Waals surface area contributed by atoms with Crippen molar-refractivity contribution in [3.05, 3.63) is 63.1 Å². The highest BCUT2D eigenvalue weighted by molar-refractivity contribution is 8.26. The SMILES string of the molecule is N=C(Cc1ccc(F)cc1F)SC(=N)c1cn2c(c(O)c1=O)C(=O)N(CCO)C1(CCOC1)C2. The number of carbonyl (C=O) groups excluding carboxylic acids is 1. The van der Waals surface area contributed by atoms with Gasteiger partial charge < -0.3 is 24.4 Å². The maximum absolute atomic E-state index is 13.9. The summed E-state index contributed by atoms with van der Waals surface area (Å²) in [6.07, 6.45) is 1.58. The first kappa shape index (κ1) is 24.0. The monoisotopic (exact) mass is 492 g/mol. The van der Waals surface area contributed by atoms with E-state index in [1.165, 1.54) is 21.7 Å². The van der Waals surface area contributed by atoms with Gasteiger partial charge in [-0.1, -0.05) is 17.8 Å². The first-order chi connectivity index (χ1) is 16.2. The third kappa shape index (κ3) is 4.24. The first-order valence-electron chi connectivity index (χ1n) is 10.4. The molecule has 2 aliphatic rings. The molecule has 1 spiro atoms. The van der Waals surface area contributed by atoms with E-state index in [-0.39, 0.29) is 59.6 Å². The number of β-amino-alcohol motifs (C(OH)–C–C–N with tert-alkyl or cyclic N) is 1. The molecule has 180 valence electrons. The van der Waals surface area contributed by atoms with Crippen molar-refractivity contribution in [1.82, 2.24) is 9.47 Å². The van der Waals surface area contributed by atoms with Crippen LogP contribution in [-0.4, -0.2) is 67.6 Å². The van der Waals surface area contributed by atoms with Gasteiger partial charge in [-0.15, -0.1) is 0 Å². The number of halogens is 2. The molecule has 0 radical (unpaired) electrons. The largest absolute Gasteiger partial charge is 0.503 e. The molecule has 9 nitrogen and oxygen atoms in total. The summed E-state index contributed by atoms with van der Waals surface area (Å²) < 4.78 is 33.9. The molecule has 1 saturated heterocycles. The smallest absolute Gasteiger partial charge is 0.275 e. The molecule has 2 aromatic rings. The highest BCUT2D eigenvalue weighted by Gasteiger charge is 2.48. The first-order valence-corrected chi connectivity index (χ1v) is 11.2. The van der Waals surface area contributed by atoms with Gasteiger partial charge in [0.25, 0.3) is 5.91 Å². The molecule has 0 saturated carbocycles. The van der Waals surface area contributed by atoms with Gasteiger partial charge in [-0.2, -0.15) is 0 Å². The van der Waals surface area contributed by atoms with Crippen LogP contribution in [-0.2, 0) is 17.7 Å². The van der Waals surface area contributed by atoms with Crippen LogP contribution in [0.5, 0.6) is 5.75 Å². The molecule has 2 aliphatic heterocycles. The van der Waals surface area contributed by atoms with Crippen molar-refractivity contribution < 1.29 is 28.5 Å². The topological polar surface area (TPSA) is 140 Å². The molecule has 1 atom stereocenters. The van der Waals surface area contributed by atoms with Crippen molar-refractivity contribution >= 4 is 27.8 Å². The number of aliphatic hydroxyl groups is 1. The number of nitrogens with zero attached hydrogens (tertiary/aromatic N) is 2. The zero-order valence-corrected chi connectivity index (χ0v) is 18.8. The van der Waals surface area contributed by atoms with Crippen LogP contribution in [0.25, 0.3) is 0 Å². The third-order valence-corrected chi connectivity index (χ3v) is 6.80. The number of amides is 1. The quantitative estimate of drug-likeness (QED) is 0.370. The van der Waals surface area contributed by atoms with E-state index in [4.69, 9.17) is 15.6 Å². The minimum Gasteiger partial charge on any atom is -0.503 e. The number of pyridine rings is 1. The molecule has 34 heavy (non-hydrogen) atoms. The number of carbonyl (C=O) groups is 1. The summed E-state index contributed by atoms with van der Waals surface area (Å²) in [5.74, 6) is -3.01. The third-order valence-electron chi connectivity index (χ3n) is 5.98. The molecule has 0 bridgehead atoms. The Labute approximate surface area is 197 Å². The van der Waals surface area contributed by atoms with Crippen molar-refractivity contribution in [2.45, 2.75) is 24.9 Å². The molecule has 0 aliphatic carbocycles. The molecule has 4 N–H and O–H groups in total. The van der Waals surface area contributed by atoms with Crippen LogP contribution in [0.3, 0.4) is 0 Å². The lowest BCUT2D eigenvalue weighted by Crippen LogP contribution is -2.60. The number of hydrogen-bond acceptors (Lipinski definition) is 8. The number of thioether (sulfide) groups is 1. The van der Waals surface area contributed by atoms with E-state index in [0.29, 0.717) is 30.9 Å². The van der Waals surface area contributed by atoms with Gasteiger partial charge in [0.15, 0.2) is 11.4 Å². The average Bonchev–Trinajstić information content (AvgIpc) is 3.24. The Morgan fingerprint density at radius 1 is 1.26 bits per heavy atom. The van der Waals surface area contributed by atoms with Crippen LogP contribution in [0.15, 0.2) is 29.2 Å². The highest BCUT2D eigenvalue weighted by Crippen LogP contribution is 2.35. The maximum atomic E-state index is 13.9. The van der Waals surface area contributed by atoms with Gasteiger partial charge in [-0.25, -0.2) is 8.78 Å². The van der Waals surface area contributed by atoms with Crippen LogP contribution >= 0.6 is 11.8 Å². The summed E-state index contributed by atoms with van der Waals surface area (Å²) in [6.45, 7) is 0.535. The Morgan fingerprint density at radius 3 is 2.68 bits per heavy atom. The Morgan fingerprint density at radius 2 is 2.03 bits per heavy atom. The van der Waals surface area contributed by atoms with Gasteiger partial charge in [0.2, 0.25) is 5.43 Å². The Hall–Kier alpha value is -3.09. The van der Waals surface area contributed by atoms with Crippen LogP contribution < -0.4 is 5.43 Å². The van der Waals surface area contributed by atoms with E-state index in [1.54, 1.807) is 0 Å². The van der Waals surface area contributed by atoms with E-state index >= 15 is 0 Å². The fraction of sp³-hybridized carbons (Fsp3) is 0.364. The Bertz CT molecular complexity index is 1240. The number of rotatable bonds is 5. The van der Waals surface area contributed by atoms with Crippen LogP contribution in [0.2, 0.25) is 0 Å². The maximum Gasteiger partial charge on any atom is 0.275 e. The van der Waals surface area contributed by atoms with E-state index in [9.17, 15) is 28.6 Å². The van der Waals surface area contributed by atoms with Crippen molar-refractivity contribution in [2.75, 3.05) is 26.4 Å². The van der Waals surface area contributed by atoms with Gasteiger partial charge in [-0.05, 0) is 18.1 Å². The highest BCUT2D eigenvalue weighted by atomic mass is 32.2. The average molecular weight is 493 g/mol. The molecular weight excluding hydrogens is 470 g/mol. The summed E-state index contributed by atoms with van der Waals surface area (Å²) in [6, 6.07) is 2.97. The summed E-state index contributed by atoms with van der Waals surface area (Å²) in [4.78, 5) is 27.4. The van der Waals surface area contributed by atoms with Crippen molar-refractivity contribution in [3.8, 4) is 5.75 Å². The van der Waals surface area contributed by atoms with Gasteiger partial charge in [0, 0.05) is 38.4 Å². The summed E-state index contributed by atoms with van der Waals surface area (Å²) in [7, 11) is 0.